The van der Waals surface area contributed by atoms with Gasteiger partial charge in [0.1, 0.15) is 0 Å². The van der Waals surface area contributed by atoms with Crippen LogP contribution < -0.4 is 0 Å². The first-order valence-corrected chi connectivity index (χ1v) is 5.04. The highest BCUT2D eigenvalue weighted by atomic mass is 15.3. The predicted molar refractivity (Wildman–Crippen MR) is 50.9 cm³/mol. The third kappa shape index (κ3) is 1.40. The maximum absolute atomic E-state index is 8.76. The lowest BCUT2D eigenvalue weighted by atomic mass is 9.78. The van der Waals surface area contributed by atoms with Gasteiger partial charge in [-0.3, -0.25) is 4.90 Å². The first-order valence-electron chi connectivity index (χ1n) is 5.04. The SMILES string of the molecule is CC(C)N1CC2(CCN(C#N)C2)C1. The first kappa shape index (κ1) is 8.83. The maximum Gasteiger partial charge on any atom is 0.179 e. The van der Waals surface area contributed by atoms with Crippen LogP contribution in [0.15, 0.2) is 0 Å². The zero-order valence-corrected chi connectivity index (χ0v) is 8.45. The Labute approximate surface area is 79.9 Å². The highest BCUT2D eigenvalue weighted by Gasteiger charge is 2.47. The molecule has 2 fully saturated rings. The third-order valence-corrected chi connectivity index (χ3v) is 3.39. The normalized spacial score (nSPS) is 26.5. The zero-order valence-electron chi connectivity index (χ0n) is 8.45. The second-order valence-electron chi connectivity index (χ2n) is 4.77. The van der Waals surface area contributed by atoms with E-state index in [1.165, 1.54) is 19.5 Å². The van der Waals surface area contributed by atoms with Crippen molar-refractivity contribution in [3.8, 4) is 6.19 Å². The Morgan fingerprint density at radius 1 is 1.31 bits per heavy atom. The lowest BCUT2D eigenvalue weighted by molar-refractivity contribution is -0.0113. The summed E-state index contributed by atoms with van der Waals surface area (Å²) in [5.74, 6) is 0. The smallest absolute Gasteiger partial charge is 0.179 e. The second kappa shape index (κ2) is 2.88. The van der Waals surface area contributed by atoms with Crippen LogP contribution in [0.2, 0.25) is 0 Å². The molecule has 0 aromatic heterocycles. The van der Waals surface area contributed by atoms with Crippen LogP contribution in [0.1, 0.15) is 20.3 Å². The molecular weight excluding hydrogens is 162 g/mol. The van der Waals surface area contributed by atoms with Gasteiger partial charge in [0.15, 0.2) is 6.19 Å². The van der Waals surface area contributed by atoms with Gasteiger partial charge >= 0.3 is 0 Å². The summed E-state index contributed by atoms with van der Waals surface area (Å²) in [5, 5.41) is 8.76. The van der Waals surface area contributed by atoms with Crippen molar-refractivity contribution in [1.82, 2.24) is 9.80 Å². The quantitative estimate of drug-likeness (QED) is 0.560. The molecular formula is C10H17N3. The molecule has 3 heteroatoms. The van der Waals surface area contributed by atoms with E-state index >= 15 is 0 Å². The second-order valence-corrected chi connectivity index (χ2v) is 4.77. The van der Waals surface area contributed by atoms with Crippen molar-refractivity contribution >= 4 is 0 Å². The zero-order chi connectivity index (χ0) is 9.47. The molecule has 0 amide bonds. The molecule has 3 nitrogen and oxygen atoms in total. The van der Waals surface area contributed by atoms with Crippen LogP contribution in [-0.2, 0) is 0 Å². The molecule has 0 aliphatic carbocycles. The number of hydrogen-bond acceptors (Lipinski definition) is 3. The maximum atomic E-state index is 8.76. The van der Waals surface area contributed by atoms with Gasteiger partial charge in [0.25, 0.3) is 0 Å². The van der Waals surface area contributed by atoms with Gasteiger partial charge < -0.3 is 4.90 Å². The summed E-state index contributed by atoms with van der Waals surface area (Å²) in [4.78, 5) is 4.39. The van der Waals surface area contributed by atoms with Crippen LogP contribution in [0.4, 0.5) is 0 Å². The third-order valence-electron chi connectivity index (χ3n) is 3.39. The molecule has 0 saturated carbocycles. The first-order chi connectivity index (χ1) is 6.15. The van der Waals surface area contributed by atoms with Gasteiger partial charge in [-0.1, -0.05) is 0 Å². The van der Waals surface area contributed by atoms with Crippen LogP contribution in [0.25, 0.3) is 0 Å². The Morgan fingerprint density at radius 2 is 2.00 bits per heavy atom. The van der Waals surface area contributed by atoms with Gasteiger partial charge in [-0.2, -0.15) is 5.26 Å². The molecule has 13 heavy (non-hydrogen) atoms. The molecule has 2 rings (SSSR count). The topological polar surface area (TPSA) is 30.3 Å². The fourth-order valence-corrected chi connectivity index (χ4v) is 2.46. The molecule has 0 bridgehead atoms. The van der Waals surface area contributed by atoms with E-state index < -0.39 is 0 Å². The number of nitriles is 1. The molecule has 0 atom stereocenters. The standard InChI is InChI=1S/C10H17N3/c1-9(2)13-6-10(7-13)3-4-12(5-10)8-11/h9H,3-7H2,1-2H3. The number of likely N-dealkylation sites (tertiary alicyclic amines) is 2. The van der Waals surface area contributed by atoms with E-state index in [1.54, 1.807) is 0 Å². The summed E-state index contributed by atoms with van der Waals surface area (Å²) in [5.41, 5.74) is 0.472. The minimum absolute atomic E-state index is 0.472. The van der Waals surface area contributed by atoms with E-state index in [0.29, 0.717) is 11.5 Å². The van der Waals surface area contributed by atoms with Crippen molar-refractivity contribution in [3.05, 3.63) is 0 Å². The Balaban J connectivity index is 1.88. The number of rotatable bonds is 1. The molecule has 2 saturated heterocycles. The molecule has 2 heterocycles. The monoisotopic (exact) mass is 179 g/mol. The van der Waals surface area contributed by atoms with E-state index in [0.717, 1.165) is 13.1 Å². The molecule has 2 aliphatic rings. The molecule has 1 spiro atoms. The fraction of sp³-hybridized carbons (Fsp3) is 0.900. The van der Waals surface area contributed by atoms with Crippen molar-refractivity contribution in [2.24, 2.45) is 5.41 Å². The van der Waals surface area contributed by atoms with Crippen LogP contribution in [-0.4, -0.2) is 42.0 Å². The van der Waals surface area contributed by atoms with Crippen LogP contribution in [0.5, 0.6) is 0 Å². The predicted octanol–water partition coefficient (Wildman–Crippen LogP) is 0.884. The Morgan fingerprint density at radius 3 is 2.46 bits per heavy atom. The van der Waals surface area contributed by atoms with Crippen LogP contribution in [0.3, 0.4) is 0 Å². The molecule has 72 valence electrons. The van der Waals surface area contributed by atoms with E-state index in [2.05, 4.69) is 24.9 Å². The summed E-state index contributed by atoms with van der Waals surface area (Å²) in [6.07, 6.45) is 3.46. The van der Waals surface area contributed by atoms with Crippen molar-refractivity contribution in [1.29, 1.82) is 5.26 Å². The number of nitrogens with zero attached hydrogens (tertiary/aromatic N) is 3. The van der Waals surface area contributed by atoms with E-state index in [-0.39, 0.29) is 0 Å². The summed E-state index contributed by atoms with van der Waals surface area (Å²) in [6.45, 7) is 8.84. The largest absolute Gasteiger partial charge is 0.310 e. The van der Waals surface area contributed by atoms with Gasteiger partial charge in [0.2, 0.25) is 0 Å². The highest BCUT2D eigenvalue weighted by Crippen LogP contribution is 2.39. The van der Waals surface area contributed by atoms with Crippen LogP contribution in [0, 0.1) is 16.9 Å². The van der Waals surface area contributed by atoms with Gasteiger partial charge in [-0.25, -0.2) is 0 Å². The minimum atomic E-state index is 0.472. The highest BCUT2D eigenvalue weighted by molar-refractivity contribution is 5.04. The van der Waals surface area contributed by atoms with Gasteiger partial charge in [-0.05, 0) is 20.3 Å². The Kier molecular flexibility index (Phi) is 1.96. The van der Waals surface area contributed by atoms with Crippen molar-refractivity contribution in [2.75, 3.05) is 26.2 Å². The average molecular weight is 179 g/mol. The van der Waals surface area contributed by atoms with Crippen molar-refractivity contribution in [3.63, 3.8) is 0 Å². The molecule has 0 radical (unpaired) electrons. The average Bonchev–Trinajstić information content (AvgIpc) is 2.44. The fourth-order valence-electron chi connectivity index (χ4n) is 2.46. The van der Waals surface area contributed by atoms with E-state index in [9.17, 15) is 0 Å². The molecule has 2 aliphatic heterocycles. The number of hydrogen-bond donors (Lipinski definition) is 0. The van der Waals surface area contributed by atoms with E-state index in [1.807, 2.05) is 4.90 Å². The lowest BCUT2D eigenvalue weighted by Gasteiger charge is -2.50. The summed E-state index contributed by atoms with van der Waals surface area (Å²) in [6, 6.07) is 0.668. The van der Waals surface area contributed by atoms with Crippen molar-refractivity contribution < 1.29 is 0 Å². The molecule has 0 aromatic carbocycles. The lowest BCUT2D eigenvalue weighted by Crippen LogP contribution is -2.59. The Bertz CT molecular complexity index is 235. The van der Waals surface area contributed by atoms with Crippen LogP contribution >= 0.6 is 0 Å². The Hall–Kier alpha value is -0.750. The summed E-state index contributed by atoms with van der Waals surface area (Å²) < 4.78 is 0. The summed E-state index contributed by atoms with van der Waals surface area (Å²) >= 11 is 0. The van der Waals surface area contributed by atoms with E-state index in [4.69, 9.17) is 5.26 Å². The van der Waals surface area contributed by atoms with Gasteiger partial charge in [0.05, 0.1) is 0 Å². The van der Waals surface area contributed by atoms with Crippen molar-refractivity contribution in [2.45, 2.75) is 26.3 Å². The minimum Gasteiger partial charge on any atom is -0.310 e. The molecule has 0 N–H and O–H groups in total. The summed E-state index contributed by atoms with van der Waals surface area (Å²) in [7, 11) is 0. The molecule has 0 aromatic rings. The van der Waals surface area contributed by atoms with Gasteiger partial charge in [-0.15, -0.1) is 0 Å². The molecule has 0 unspecified atom stereocenters. The van der Waals surface area contributed by atoms with Gasteiger partial charge in [0, 0.05) is 37.6 Å².